The molecule has 0 radical (unpaired) electrons. The number of rotatable bonds is 21. The summed E-state index contributed by atoms with van der Waals surface area (Å²) >= 11 is 0. The highest BCUT2D eigenvalue weighted by Crippen LogP contribution is 2.43. The van der Waals surface area contributed by atoms with Gasteiger partial charge in [-0.25, -0.2) is 0 Å². The van der Waals surface area contributed by atoms with E-state index in [0.717, 1.165) is 65.1 Å². The molecule has 0 fully saturated rings. The van der Waals surface area contributed by atoms with Crippen molar-refractivity contribution in [3.63, 3.8) is 0 Å². The number of ketones is 1. The van der Waals surface area contributed by atoms with Crippen LogP contribution in [-0.4, -0.2) is 82.0 Å². The first-order valence-corrected chi connectivity index (χ1v) is 25.9. The average molecular weight is 983 g/mol. The van der Waals surface area contributed by atoms with Crippen LogP contribution in [-0.2, 0) is 30.8 Å². The third kappa shape index (κ3) is 10.2. The van der Waals surface area contributed by atoms with Gasteiger partial charge in [0.1, 0.15) is 13.2 Å². The molecule has 2 amide bonds. The second kappa shape index (κ2) is 21.5. The smallest absolute Gasteiger partial charge is 0.261 e. The van der Waals surface area contributed by atoms with Crippen LogP contribution in [0.15, 0.2) is 113 Å². The number of ether oxygens (including phenoxy) is 4. The molecule has 2 atom stereocenters. The molecule has 4 heterocycles. The predicted molar refractivity (Wildman–Crippen MR) is 289 cm³/mol. The Morgan fingerprint density at radius 1 is 0.699 bits per heavy atom. The molecule has 0 spiro atoms. The molecule has 0 bridgehead atoms. The summed E-state index contributed by atoms with van der Waals surface area (Å²) in [5.74, 6) is 2.46. The van der Waals surface area contributed by atoms with E-state index in [-0.39, 0.29) is 42.9 Å². The van der Waals surface area contributed by atoms with Gasteiger partial charge >= 0.3 is 0 Å². The molecule has 13 heteroatoms. The van der Waals surface area contributed by atoms with Crippen LogP contribution in [0.25, 0.3) is 0 Å². The summed E-state index contributed by atoms with van der Waals surface area (Å²) in [5.41, 5.74) is 8.09. The van der Waals surface area contributed by atoms with E-state index in [9.17, 15) is 14.4 Å². The van der Waals surface area contributed by atoms with Crippen molar-refractivity contribution in [3.05, 3.63) is 137 Å². The minimum Gasteiger partial charge on any atom is -0.493 e. The first-order valence-electron chi connectivity index (χ1n) is 25.9. The quantitative estimate of drug-likeness (QED) is 0.0563. The Hall–Kier alpha value is -7.25. The number of aliphatic imine (C=N–C) groups is 2. The number of nitrogens with zero attached hydrogens (tertiary/aromatic N) is 5. The number of hydrogen-bond donors (Lipinski definition) is 1. The Labute approximate surface area is 428 Å². The van der Waals surface area contributed by atoms with Crippen LogP contribution in [0.2, 0.25) is 0 Å². The zero-order valence-electron chi connectivity index (χ0n) is 42.7. The molecule has 1 N–H and O–H groups in total. The second-order valence-corrected chi connectivity index (χ2v) is 20.4. The monoisotopic (exact) mass is 982 g/mol. The summed E-state index contributed by atoms with van der Waals surface area (Å²) in [5, 5.41) is 3.68. The SMILES string of the molecule is COc1cc2c(cc1OCc1cc(COc3cc4c(cc3OC)C(=O)N3c5ccccc5CC3C=N4)cc(N(C)CCCC(=O)C3(NCCCCCC(C)C)CC=CC3)c1)N=CC1Cc3ccccc3N1C2=O. The molecule has 10 rings (SSSR count). The molecule has 1 aliphatic carbocycles. The third-order valence-corrected chi connectivity index (χ3v) is 15.0. The lowest BCUT2D eigenvalue weighted by molar-refractivity contribution is -0.125. The molecule has 13 nitrogen and oxygen atoms in total. The number of amides is 2. The largest absolute Gasteiger partial charge is 0.493 e. The third-order valence-electron chi connectivity index (χ3n) is 15.0. The van der Waals surface area contributed by atoms with E-state index in [0.29, 0.717) is 83.6 Å². The van der Waals surface area contributed by atoms with Crippen molar-refractivity contribution in [1.29, 1.82) is 0 Å². The van der Waals surface area contributed by atoms with Gasteiger partial charge in [0.15, 0.2) is 28.8 Å². The van der Waals surface area contributed by atoms with Crippen molar-refractivity contribution >= 4 is 58.5 Å². The Bertz CT molecular complexity index is 2830. The molecule has 0 saturated carbocycles. The van der Waals surface area contributed by atoms with Crippen LogP contribution >= 0.6 is 0 Å². The van der Waals surface area contributed by atoms with Gasteiger partial charge in [0.2, 0.25) is 0 Å². The Kier molecular flexibility index (Phi) is 14.5. The van der Waals surface area contributed by atoms with Gasteiger partial charge in [0.25, 0.3) is 11.8 Å². The number of carbonyl (C=O) groups is 3. The number of nitrogens with one attached hydrogen (secondary N) is 1. The van der Waals surface area contributed by atoms with Gasteiger partial charge in [-0.15, -0.1) is 0 Å². The van der Waals surface area contributed by atoms with E-state index in [2.05, 4.69) is 60.5 Å². The van der Waals surface area contributed by atoms with E-state index in [1.165, 1.54) is 19.3 Å². The number of anilines is 3. The van der Waals surface area contributed by atoms with Crippen molar-refractivity contribution < 1.29 is 33.3 Å². The summed E-state index contributed by atoms with van der Waals surface area (Å²) in [6.07, 6.45) is 16.7. The van der Waals surface area contributed by atoms with Gasteiger partial charge in [-0.1, -0.05) is 81.7 Å². The second-order valence-electron chi connectivity index (χ2n) is 20.4. The number of Topliss-reactive ketones (excluding diaryl/α,β-unsaturated/α-hetero) is 1. The number of methoxy groups -OCH3 is 2. The number of para-hydroxylation sites is 2. The fourth-order valence-corrected chi connectivity index (χ4v) is 11.0. The molecule has 2 unspecified atom stereocenters. The zero-order valence-corrected chi connectivity index (χ0v) is 42.7. The highest BCUT2D eigenvalue weighted by molar-refractivity contribution is 6.16. The molecule has 0 saturated heterocycles. The summed E-state index contributed by atoms with van der Waals surface area (Å²) in [6.45, 7) is 6.36. The number of benzene rings is 5. The number of unbranched alkanes of at least 4 members (excludes halogenated alkanes) is 2. The molecule has 0 aromatic heterocycles. The topological polar surface area (TPSA) is 135 Å². The minimum absolute atomic E-state index is 0.135. The van der Waals surface area contributed by atoms with Crippen molar-refractivity contribution in [3.8, 4) is 23.0 Å². The molecule has 73 heavy (non-hydrogen) atoms. The summed E-state index contributed by atoms with van der Waals surface area (Å²) in [6, 6.07) is 28.8. The van der Waals surface area contributed by atoms with Gasteiger partial charge in [-0.2, -0.15) is 0 Å². The maximum atomic E-state index is 14.1. The Morgan fingerprint density at radius 2 is 1.23 bits per heavy atom. The highest BCUT2D eigenvalue weighted by atomic mass is 16.5. The van der Waals surface area contributed by atoms with Crippen molar-refractivity contribution in [2.75, 3.05) is 49.1 Å². The van der Waals surface area contributed by atoms with E-state index in [1.807, 2.05) is 71.7 Å². The fraction of sp³-hybridized carbons (Fsp3) is 0.383. The zero-order chi connectivity index (χ0) is 50.6. The van der Waals surface area contributed by atoms with Crippen LogP contribution in [0.1, 0.15) is 108 Å². The lowest BCUT2D eigenvalue weighted by Crippen LogP contribution is -2.50. The summed E-state index contributed by atoms with van der Waals surface area (Å²) < 4.78 is 24.8. The minimum atomic E-state index is -0.520. The number of hydrogen-bond acceptors (Lipinski definition) is 11. The van der Waals surface area contributed by atoms with E-state index >= 15 is 0 Å². The standard InChI is InChI=1S/C60H66N6O7/c1-39(2)16-7-6-14-24-63-60(22-12-13-23-60)57(67)21-15-25-64(3)44-27-40(37-72-55-33-49-47(31-53(55)70-4)58(68)65-45(35-61-49)29-42-17-8-10-19-51(42)65)26-41(28-44)38-73-56-34-50-48(32-54(56)71-5)59(69)66-46(36-62-50)30-43-18-9-11-20-52(43)66/h8-13,17-20,26-28,31-36,39,45-46,63H,6-7,14-16,21-25,29-30,37-38H2,1-5H3. The lowest BCUT2D eigenvalue weighted by atomic mass is 9.88. The maximum absolute atomic E-state index is 14.1. The normalized spacial score (nSPS) is 17.6. The van der Waals surface area contributed by atoms with E-state index < -0.39 is 5.54 Å². The van der Waals surface area contributed by atoms with Crippen LogP contribution in [0.5, 0.6) is 23.0 Å². The van der Waals surface area contributed by atoms with Crippen LogP contribution in [0.3, 0.4) is 0 Å². The lowest BCUT2D eigenvalue weighted by Gasteiger charge is -2.30. The van der Waals surface area contributed by atoms with Crippen molar-refractivity contribution in [1.82, 2.24) is 5.32 Å². The van der Waals surface area contributed by atoms with Crippen LogP contribution in [0, 0.1) is 5.92 Å². The maximum Gasteiger partial charge on any atom is 0.261 e. The van der Waals surface area contributed by atoms with Gasteiger partial charge in [-0.05, 0) is 103 Å². The predicted octanol–water partition coefficient (Wildman–Crippen LogP) is 11.1. The number of fused-ring (bicyclic) bond motifs is 8. The first-order chi connectivity index (χ1) is 35.5. The van der Waals surface area contributed by atoms with Gasteiger partial charge in [0, 0.05) is 74.5 Å². The summed E-state index contributed by atoms with van der Waals surface area (Å²) in [4.78, 5) is 57.7. The van der Waals surface area contributed by atoms with Gasteiger partial charge < -0.3 is 29.2 Å². The molecule has 5 aliphatic rings. The van der Waals surface area contributed by atoms with E-state index in [1.54, 1.807) is 38.5 Å². The molecule has 378 valence electrons. The number of carbonyl (C=O) groups excluding carboxylic acids is 3. The van der Waals surface area contributed by atoms with Crippen molar-refractivity contribution in [2.24, 2.45) is 15.9 Å². The van der Waals surface area contributed by atoms with E-state index in [4.69, 9.17) is 28.9 Å². The molecule has 4 aliphatic heterocycles. The Balaban J connectivity index is 0.876. The summed E-state index contributed by atoms with van der Waals surface area (Å²) in [7, 11) is 5.18. The van der Waals surface area contributed by atoms with Crippen LogP contribution < -0.4 is 39.0 Å². The first kappa shape index (κ1) is 49.3. The van der Waals surface area contributed by atoms with Crippen molar-refractivity contribution in [2.45, 2.75) is 109 Å². The fourth-order valence-electron chi connectivity index (χ4n) is 11.0. The Morgan fingerprint density at radius 3 is 1.75 bits per heavy atom. The molecule has 5 aromatic carbocycles. The van der Waals surface area contributed by atoms with Gasteiger partial charge in [0.05, 0.1) is 54.3 Å². The average Bonchev–Trinajstić information content (AvgIpc) is 4.10. The van der Waals surface area contributed by atoms with Crippen LogP contribution in [0.4, 0.5) is 28.4 Å². The van der Waals surface area contributed by atoms with Gasteiger partial charge in [-0.3, -0.25) is 34.2 Å². The molecular formula is C60H66N6O7. The highest BCUT2D eigenvalue weighted by Gasteiger charge is 2.39. The molecule has 5 aromatic rings. The molecular weight excluding hydrogens is 917 g/mol.